The van der Waals surface area contributed by atoms with Crippen LogP contribution < -0.4 is 14.2 Å². The Morgan fingerprint density at radius 3 is 2.21 bits per heavy atom. The molecule has 0 unspecified atom stereocenters. The van der Waals surface area contributed by atoms with E-state index in [-0.39, 0.29) is 27.2 Å². The molecule has 1 aliphatic carbocycles. The predicted octanol–water partition coefficient (Wildman–Crippen LogP) is 5.91. The fourth-order valence-electron chi connectivity index (χ4n) is 5.17. The van der Waals surface area contributed by atoms with Crippen LogP contribution in [-0.2, 0) is 15.6 Å². The largest absolute Gasteiger partial charge is 0.493 e. The summed E-state index contributed by atoms with van der Waals surface area (Å²) in [4.78, 5) is 9.18. The van der Waals surface area contributed by atoms with E-state index >= 15 is 4.39 Å². The fraction of sp³-hybridized carbons (Fsp3) is 0.267. The first kappa shape index (κ1) is 28.1. The first-order valence-electron chi connectivity index (χ1n) is 13.1. The van der Waals surface area contributed by atoms with E-state index in [2.05, 4.69) is 9.97 Å². The van der Waals surface area contributed by atoms with Crippen LogP contribution in [0, 0.1) is 12.7 Å². The number of halogens is 1. The van der Waals surface area contributed by atoms with Crippen molar-refractivity contribution < 1.29 is 32.1 Å². The zero-order chi connectivity index (χ0) is 29.8. The number of benzene rings is 2. The molecule has 9 nitrogen and oxygen atoms in total. The summed E-state index contributed by atoms with van der Waals surface area (Å²) in [5.74, 6) is 0.330. The lowest BCUT2D eigenvalue weighted by Crippen LogP contribution is -2.33. The van der Waals surface area contributed by atoms with Crippen molar-refractivity contribution in [2.45, 2.75) is 36.7 Å². The standard InChI is InChI=1S/C30H28FN3O6S2/c1-17-6-8-19(9-7-17)42(36,37)34-22(18-12-23(38-2)27(40-4)24(13-18)39-3)14-20-26(21(31)15-32-28(20)34)25-16-33-29(41-25)30(35)10-5-11-30/h6-9,12-16,35H,5,10-11H2,1-4H3. The second-order valence-electron chi connectivity index (χ2n) is 10.2. The Labute approximate surface area is 246 Å². The highest BCUT2D eigenvalue weighted by molar-refractivity contribution is 7.90. The molecule has 3 heterocycles. The fourth-order valence-corrected chi connectivity index (χ4v) is 7.77. The van der Waals surface area contributed by atoms with Crippen molar-refractivity contribution >= 4 is 32.4 Å². The Balaban J connectivity index is 1.66. The first-order valence-corrected chi connectivity index (χ1v) is 15.4. The third kappa shape index (κ3) is 4.41. The molecule has 3 aromatic heterocycles. The van der Waals surface area contributed by atoms with Gasteiger partial charge in [-0.05, 0) is 56.5 Å². The van der Waals surface area contributed by atoms with Crippen molar-refractivity contribution in [1.29, 1.82) is 0 Å². The zero-order valence-electron chi connectivity index (χ0n) is 23.3. The van der Waals surface area contributed by atoms with E-state index in [9.17, 15) is 13.5 Å². The van der Waals surface area contributed by atoms with Gasteiger partial charge in [0.05, 0.1) is 43.0 Å². The number of aliphatic hydroxyl groups is 1. The van der Waals surface area contributed by atoms with Crippen LogP contribution in [0.25, 0.3) is 32.7 Å². The van der Waals surface area contributed by atoms with E-state index in [1.54, 1.807) is 30.3 Å². The van der Waals surface area contributed by atoms with Gasteiger partial charge in [0.2, 0.25) is 5.75 Å². The number of thiazole rings is 1. The monoisotopic (exact) mass is 609 g/mol. The van der Waals surface area contributed by atoms with Crippen LogP contribution in [0.15, 0.2) is 59.8 Å². The van der Waals surface area contributed by atoms with Crippen molar-refractivity contribution in [2.24, 2.45) is 0 Å². The highest BCUT2D eigenvalue weighted by Gasteiger charge is 2.39. The summed E-state index contributed by atoms with van der Waals surface area (Å²) >= 11 is 1.19. The topological polar surface area (TPSA) is 113 Å². The second-order valence-corrected chi connectivity index (χ2v) is 13.0. The van der Waals surface area contributed by atoms with Crippen LogP contribution in [-0.4, -0.2) is 48.8 Å². The van der Waals surface area contributed by atoms with Crippen LogP contribution in [0.3, 0.4) is 0 Å². The Morgan fingerprint density at radius 1 is 0.976 bits per heavy atom. The molecule has 1 aliphatic rings. The van der Waals surface area contributed by atoms with Gasteiger partial charge in [0.1, 0.15) is 10.6 Å². The molecule has 0 atom stereocenters. The van der Waals surface area contributed by atoms with Gasteiger partial charge in [-0.2, -0.15) is 0 Å². The summed E-state index contributed by atoms with van der Waals surface area (Å²) in [6.07, 6.45) is 4.58. The van der Waals surface area contributed by atoms with Crippen LogP contribution in [0.1, 0.15) is 29.8 Å². The lowest BCUT2D eigenvalue weighted by atomic mass is 9.81. The third-order valence-corrected chi connectivity index (χ3v) is 10.5. The molecule has 0 radical (unpaired) electrons. The Kier molecular flexibility index (Phi) is 6.95. The van der Waals surface area contributed by atoms with E-state index < -0.39 is 21.4 Å². The summed E-state index contributed by atoms with van der Waals surface area (Å²) < 4.78 is 61.7. The normalized spacial score (nSPS) is 14.5. The summed E-state index contributed by atoms with van der Waals surface area (Å²) in [6.45, 7) is 1.86. The lowest BCUT2D eigenvalue weighted by Gasteiger charge is -2.34. The van der Waals surface area contributed by atoms with E-state index in [0.29, 0.717) is 45.5 Å². The number of hydrogen-bond acceptors (Lipinski definition) is 9. The molecule has 2 aromatic carbocycles. The second kappa shape index (κ2) is 10.4. The minimum atomic E-state index is -4.23. The Hall–Kier alpha value is -4.00. The average Bonchev–Trinajstić information content (AvgIpc) is 3.61. The summed E-state index contributed by atoms with van der Waals surface area (Å²) in [7, 11) is 0.172. The van der Waals surface area contributed by atoms with Crippen LogP contribution in [0.5, 0.6) is 17.2 Å². The molecule has 0 amide bonds. The van der Waals surface area contributed by atoms with Gasteiger partial charge in [-0.1, -0.05) is 17.7 Å². The van der Waals surface area contributed by atoms with E-state index in [0.717, 1.165) is 22.2 Å². The highest BCUT2D eigenvalue weighted by Crippen LogP contribution is 2.47. The van der Waals surface area contributed by atoms with Crippen molar-refractivity contribution in [3.63, 3.8) is 0 Å². The maximum absolute atomic E-state index is 15.6. The molecule has 0 saturated heterocycles. The molecular weight excluding hydrogens is 581 g/mol. The summed E-state index contributed by atoms with van der Waals surface area (Å²) in [5.41, 5.74) is 0.692. The van der Waals surface area contributed by atoms with Crippen LogP contribution >= 0.6 is 11.3 Å². The van der Waals surface area contributed by atoms with Gasteiger partial charge in [0.25, 0.3) is 10.0 Å². The van der Waals surface area contributed by atoms with Crippen molar-refractivity contribution in [1.82, 2.24) is 13.9 Å². The number of fused-ring (bicyclic) bond motifs is 1. The van der Waals surface area contributed by atoms with Crippen molar-refractivity contribution in [2.75, 3.05) is 21.3 Å². The molecule has 0 bridgehead atoms. The van der Waals surface area contributed by atoms with E-state index in [1.165, 1.54) is 51.0 Å². The lowest BCUT2D eigenvalue weighted by molar-refractivity contribution is -0.0389. The molecule has 1 saturated carbocycles. The first-order chi connectivity index (χ1) is 20.1. The number of methoxy groups -OCH3 is 3. The molecule has 5 aromatic rings. The molecule has 1 fully saturated rings. The number of ether oxygens (including phenoxy) is 3. The third-order valence-electron chi connectivity index (χ3n) is 7.59. The predicted molar refractivity (Wildman–Crippen MR) is 157 cm³/mol. The van der Waals surface area contributed by atoms with Gasteiger partial charge in [-0.3, -0.25) is 0 Å². The van der Waals surface area contributed by atoms with Gasteiger partial charge >= 0.3 is 0 Å². The number of pyridine rings is 1. The average molecular weight is 610 g/mol. The van der Waals surface area contributed by atoms with Crippen LogP contribution in [0.2, 0.25) is 0 Å². The zero-order valence-corrected chi connectivity index (χ0v) is 25.0. The minimum absolute atomic E-state index is 0.0352. The number of aryl methyl sites for hydroxylation is 1. The molecule has 12 heteroatoms. The molecule has 6 rings (SSSR count). The molecule has 1 N–H and O–H groups in total. The smallest absolute Gasteiger partial charge is 0.269 e. The Bertz CT molecular complexity index is 1900. The minimum Gasteiger partial charge on any atom is -0.493 e. The van der Waals surface area contributed by atoms with Gasteiger partial charge in [-0.15, -0.1) is 11.3 Å². The molecule has 218 valence electrons. The highest BCUT2D eigenvalue weighted by atomic mass is 32.2. The maximum Gasteiger partial charge on any atom is 0.269 e. The van der Waals surface area contributed by atoms with Gasteiger partial charge in [0, 0.05) is 22.7 Å². The molecular formula is C30H28FN3O6S2. The Morgan fingerprint density at radius 2 is 1.64 bits per heavy atom. The number of aromatic nitrogens is 3. The quantitative estimate of drug-likeness (QED) is 0.231. The number of hydrogen-bond donors (Lipinski definition) is 1. The van der Waals surface area contributed by atoms with Crippen molar-refractivity contribution in [3.05, 3.63) is 71.2 Å². The SMILES string of the molecule is COc1cc(-c2cc3c(-c4cnc(C5(O)CCC5)s4)c(F)cnc3n2S(=O)(=O)c2ccc(C)cc2)cc(OC)c1OC. The molecule has 0 spiro atoms. The van der Waals surface area contributed by atoms with E-state index in [1.807, 2.05) is 6.92 Å². The molecule has 0 aliphatic heterocycles. The van der Waals surface area contributed by atoms with Crippen LogP contribution in [0.4, 0.5) is 4.39 Å². The summed E-state index contributed by atoms with van der Waals surface area (Å²) in [6, 6.07) is 11.3. The number of rotatable bonds is 8. The maximum atomic E-state index is 15.6. The van der Waals surface area contributed by atoms with Gasteiger partial charge in [-0.25, -0.2) is 26.7 Å². The van der Waals surface area contributed by atoms with Gasteiger partial charge in [0.15, 0.2) is 23.0 Å². The summed E-state index contributed by atoms with van der Waals surface area (Å²) in [5, 5.41) is 11.6. The molecule has 42 heavy (non-hydrogen) atoms. The van der Waals surface area contributed by atoms with Gasteiger partial charge < -0.3 is 19.3 Å². The van der Waals surface area contributed by atoms with E-state index in [4.69, 9.17) is 14.2 Å². The number of nitrogens with zero attached hydrogens (tertiary/aromatic N) is 3. The van der Waals surface area contributed by atoms with Crippen molar-refractivity contribution in [3.8, 4) is 38.9 Å².